The summed E-state index contributed by atoms with van der Waals surface area (Å²) >= 11 is 0. The van der Waals surface area contributed by atoms with E-state index < -0.39 is 79.4 Å². The maximum atomic E-state index is 12.3. The molecule has 4 unspecified atom stereocenters. The number of amides is 4. The number of nitrogens with two attached hydrogens (primary N) is 2. The van der Waals surface area contributed by atoms with Crippen molar-refractivity contribution in [3.05, 3.63) is 0 Å². The van der Waals surface area contributed by atoms with Crippen molar-refractivity contribution >= 4 is 35.6 Å². The normalized spacial score (nSPS) is 14.5. The molecule has 0 bridgehead atoms. The number of primary amides is 1. The van der Waals surface area contributed by atoms with E-state index >= 15 is 0 Å². The van der Waals surface area contributed by atoms with Gasteiger partial charge in [-0.25, -0.2) is 4.79 Å². The number of hydrogen-bond donors (Lipinski definition) is 9. The van der Waals surface area contributed by atoms with Crippen LogP contribution < -0.4 is 27.4 Å². The molecule has 0 rings (SSSR count). The number of carbonyl (C=O) groups is 6. The van der Waals surface area contributed by atoms with Crippen molar-refractivity contribution in [1.29, 1.82) is 0 Å². The van der Waals surface area contributed by atoms with Crippen LogP contribution in [0.25, 0.3) is 0 Å². The lowest BCUT2D eigenvalue weighted by Gasteiger charge is -2.23. The van der Waals surface area contributed by atoms with Gasteiger partial charge in [0.05, 0.1) is 19.6 Å². The van der Waals surface area contributed by atoms with Crippen molar-refractivity contribution < 1.29 is 49.2 Å². The van der Waals surface area contributed by atoms with Gasteiger partial charge in [-0.15, -0.1) is 0 Å². The van der Waals surface area contributed by atoms with Crippen LogP contribution in [0.5, 0.6) is 0 Å². The van der Waals surface area contributed by atoms with Gasteiger partial charge in [-0.1, -0.05) is 0 Å². The van der Waals surface area contributed by atoms with Crippen LogP contribution >= 0.6 is 0 Å². The lowest BCUT2D eigenvalue weighted by molar-refractivity contribution is -0.144. The van der Waals surface area contributed by atoms with Crippen LogP contribution in [0.1, 0.15) is 19.3 Å². The Labute approximate surface area is 169 Å². The molecule has 4 amide bonds. The average Bonchev–Trinajstić information content (AvgIpc) is 2.66. The second-order valence-corrected chi connectivity index (χ2v) is 6.10. The van der Waals surface area contributed by atoms with Crippen LogP contribution in [0.3, 0.4) is 0 Å². The topological polar surface area (TPSA) is 271 Å². The molecule has 0 aromatic carbocycles. The summed E-state index contributed by atoms with van der Waals surface area (Å²) in [5, 5.41) is 42.1. The standard InChI is InChI=1S/C15H25N5O10/c16-6(4-21)12(26)20-9(5-22)14(28)19-8(3-11(24)25)13(27)18-7(15(29)30)1-2-10(17)23/h6-9,21-22H,1-5,16H2,(H2,17,23)(H,18,27)(H,19,28)(H,20,26)(H,24,25)(H,29,30). The molecule has 0 saturated carbocycles. The fraction of sp³-hybridized carbons (Fsp3) is 0.600. The first kappa shape index (κ1) is 26.7. The van der Waals surface area contributed by atoms with Gasteiger partial charge in [0.2, 0.25) is 23.6 Å². The molecule has 0 heterocycles. The van der Waals surface area contributed by atoms with Crippen LogP contribution in [0.15, 0.2) is 0 Å². The zero-order chi connectivity index (χ0) is 23.4. The van der Waals surface area contributed by atoms with Crippen molar-refractivity contribution in [2.45, 2.75) is 43.4 Å². The largest absolute Gasteiger partial charge is 0.481 e. The van der Waals surface area contributed by atoms with Gasteiger partial charge < -0.3 is 47.8 Å². The number of aliphatic hydroxyl groups excluding tert-OH is 2. The average molecular weight is 435 g/mol. The first-order chi connectivity index (χ1) is 13.9. The molecule has 0 radical (unpaired) electrons. The van der Waals surface area contributed by atoms with E-state index in [1.165, 1.54) is 0 Å². The zero-order valence-electron chi connectivity index (χ0n) is 15.7. The zero-order valence-corrected chi connectivity index (χ0v) is 15.7. The molecule has 0 spiro atoms. The van der Waals surface area contributed by atoms with Crippen molar-refractivity contribution in [1.82, 2.24) is 16.0 Å². The van der Waals surface area contributed by atoms with Gasteiger partial charge in [-0.05, 0) is 6.42 Å². The van der Waals surface area contributed by atoms with Crippen molar-refractivity contribution in [2.75, 3.05) is 13.2 Å². The number of rotatable bonds is 14. The summed E-state index contributed by atoms with van der Waals surface area (Å²) in [7, 11) is 0. The van der Waals surface area contributed by atoms with E-state index in [-0.39, 0.29) is 12.8 Å². The van der Waals surface area contributed by atoms with Gasteiger partial charge in [-0.2, -0.15) is 0 Å². The summed E-state index contributed by atoms with van der Waals surface area (Å²) in [4.78, 5) is 69.1. The third kappa shape index (κ3) is 9.76. The number of aliphatic carboxylic acids is 2. The minimum atomic E-state index is -1.78. The predicted octanol–water partition coefficient (Wildman–Crippen LogP) is -5.42. The van der Waals surface area contributed by atoms with E-state index in [1.807, 2.05) is 16.0 Å². The Bertz CT molecular complexity index is 670. The Hall–Kier alpha value is -3.30. The molecule has 30 heavy (non-hydrogen) atoms. The lowest BCUT2D eigenvalue weighted by Crippen LogP contribution is -2.58. The Morgan fingerprint density at radius 2 is 1.27 bits per heavy atom. The Kier molecular flexibility index (Phi) is 11.6. The van der Waals surface area contributed by atoms with Crippen LogP contribution in [-0.2, 0) is 28.8 Å². The second kappa shape index (κ2) is 13.0. The van der Waals surface area contributed by atoms with Gasteiger partial charge in [0, 0.05) is 6.42 Å². The number of nitrogens with one attached hydrogen (secondary N) is 3. The summed E-state index contributed by atoms with van der Waals surface area (Å²) in [6.45, 7) is -1.70. The minimum Gasteiger partial charge on any atom is -0.481 e. The maximum absolute atomic E-state index is 12.3. The third-order valence-corrected chi connectivity index (χ3v) is 3.65. The molecule has 0 aliphatic rings. The SMILES string of the molecule is NC(=O)CCC(NC(=O)C(CC(=O)O)NC(=O)C(CO)NC(=O)C(N)CO)C(=O)O. The molecule has 0 saturated heterocycles. The van der Waals surface area contributed by atoms with Gasteiger partial charge in [0.15, 0.2) is 0 Å². The molecule has 0 aromatic heterocycles. The fourth-order valence-electron chi connectivity index (χ4n) is 2.03. The first-order valence-corrected chi connectivity index (χ1v) is 8.54. The minimum absolute atomic E-state index is 0.376. The molecule has 4 atom stereocenters. The molecular weight excluding hydrogens is 410 g/mol. The molecule has 15 nitrogen and oxygen atoms in total. The fourth-order valence-corrected chi connectivity index (χ4v) is 2.03. The molecule has 11 N–H and O–H groups in total. The number of aliphatic hydroxyl groups is 2. The van der Waals surface area contributed by atoms with Gasteiger partial charge in [-0.3, -0.25) is 24.0 Å². The van der Waals surface area contributed by atoms with Crippen LogP contribution in [0.2, 0.25) is 0 Å². The quantitative estimate of drug-likeness (QED) is 0.124. The summed E-state index contributed by atoms with van der Waals surface area (Å²) in [5.41, 5.74) is 10.2. The lowest BCUT2D eigenvalue weighted by atomic mass is 10.1. The van der Waals surface area contributed by atoms with E-state index in [0.29, 0.717) is 0 Å². The summed E-state index contributed by atoms with van der Waals surface area (Å²) < 4.78 is 0. The van der Waals surface area contributed by atoms with Crippen LogP contribution in [0, 0.1) is 0 Å². The highest BCUT2D eigenvalue weighted by molar-refractivity contribution is 5.95. The Morgan fingerprint density at radius 3 is 1.70 bits per heavy atom. The molecule has 15 heteroatoms. The number of hydrogen-bond acceptors (Lipinski definition) is 9. The third-order valence-electron chi connectivity index (χ3n) is 3.65. The van der Waals surface area contributed by atoms with E-state index in [1.54, 1.807) is 0 Å². The number of carboxylic acid groups (broad SMARTS) is 2. The van der Waals surface area contributed by atoms with Crippen LogP contribution in [-0.4, -0.2) is 93.4 Å². The van der Waals surface area contributed by atoms with Crippen molar-refractivity contribution in [2.24, 2.45) is 11.5 Å². The van der Waals surface area contributed by atoms with Crippen LogP contribution in [0.4, 0.5) is 0 Å². The highest BCUT2D eigenvalue weighted by atomic mass is 16.4. The molecule has 0 aliphatic heterocycles. The molecule has 170 valence electrons. The highest BCUT2D eigenvalue weighted by Gasteiger charge is 2.31. The molecule has 0 aliphatic carbocycles. The van der Waals surface area contributed by atoms with E-state index in [9.17, 15) is 33.9 Å². The van der Waals surface area contributed by atoms with E-state index in [2.05, 4.69) is 0 Å². The monoisotopic (exact) mass is 435 g/mol. The number of carbonyl (C=O) groups excluding carboxylic acids is 4. The van der Waals surface area contributed by atoms with E-state index in [0.717, 1.165) is 0 Å². The predicted molar refractivity (Wildman–Crippen MR) is 96.3 cm³/mol. The van der Waals surface area contributed by atoms with Gasteiger partial charge >= 0.3 is 11.9 Å². The Morgan fingerprint density at radius 1 is 0.767 bits per heavy atom. The summed E-state index contributed by atoms with van der Waals surface area (Å²) in [6.07, 6.45) is -1.71. The number of carboxylic acids is 2. The molecule has 0 fully saturated rings. The highest BCUT2D eigenvalue weighted by Crippen LogP contribution is 2.01. The smallest absolute Gasteiger partial charge is 0.326 e. The second-order valence-electron chi connectivity index (χ2n) is 6.10. The van der Waals surface area contributed by atoms with Crippen molar-refractivity contribution in [3.8, 4) is 0 Å². The molecule has 0 aromatic rings. The molecular formula is C15H25N5O10. The maximum Gasteiger partial charge on any atom is 0.326 e. The summed E-state index contributed by atoms with van der Waals surface area (Å²) in [6, 6.07) is -6.40. The summed E-state index contributed by atoms with van der Waals surface area (Å²) in [5.74, 6) is -7.23. The van der Waals surface area contributed by atoms with Crippen molar-refractivity contribution in [3.63, 3.8) is 0 Å². The first-order valence-electron chi connectivity index (χ1n) is 8.54. The Balaban J connectivity index is 5.27. The van der Waals surface area contributed by atoms with E-state index in [4.69, 9.17) is 26.8 Å². The van der Waals surface area contributed by atoms with Gasteiger partial charge in [0.25, 0.3) is 0 Å². The van der Waals surface area contributed by atoms with Gasteiger partial charge in [0.1, 0.15) is 24.2 Å².